The summed E-state index contributed by atoms with van der Waals surface area (Å²) in [6.45, 7) is 8.68. The van der Waals surface area contributed by atoms with Crippen molar-refractivity contribution in [3.05, 3.63) is 45.5 Å². The molecule has 106 valence electrons. The first-order chi connectivity index (χ1) is 8.99. The topological polar surface area (TPSA) is 12.0 Å². The van der Waals surface area contributed by atoms with E-state index in [1.54, 1.807) is 0 Å². The van der Waals surface area contributed by atoms with Crippen LogP contribution in [-0.4, -0.2) is 13.1 Å². The lowest BCUT2D eigenvalue weighted by molar-refractivity contribution is 0.556. The Labute approximate surface area is 127 Å². The average molecular weight is 300 g/mol. The second-order valence-corrected chi connectivity index (χ2v) is 6.19. The van der Waals surface area contributed by atoms with Crippen LogP contribution >= 0.6 is 23.2 Å². The van der Waals surface area contributed by atoms with Crippen LogP contribution in [0, 0.1) is 5.92 Å². The largest absolute Gasteiger partial charge is 0.316 e. The van der Waals surface area contributed by atoms with Crippen LogP contribution in [0.4, 0.5) is 0 Å². The molecule has 0 bridgehead atoms. The zero-order valence-corrected chi connectivity index (χ0v) is 13.5. The second kappa shape index (κ2) is 8.63. The maximum Gasteiger partial charge on any atom is 0.0442 e. The summed E-state index contributed by atoms with van der Waals surface area (Å²) >= 11 is 12.1. The fraction of sp³-hybridized carbons (Fsp3) is 0.500. The molecule has 0 spiro atoms. The molecular weight excluding hydrogens is 277 g/mol. The van der Waals surface area contributed by atoms with Gasteiger partial charge in [-0.3, -0.25) is 0 Å². The Balaban J connectivity index is 2.41. The van der Waals surface area contributed by atoms with Gasteiger partial charge in [0.25, 0.3) is 0 Å². The summed E-state index contributed by atoms with van der Waals surface area (Å²) in [5.41, 5.74) is 2.42. The molecule has 0 aliphatic carbocycles. The predicted octanol–water partition coefficient (Wildman–Crippen LogP) is 5.12. The zero-order valence-electron chi connectivity index (χ0n) is 12.0. The quantitative estimate of drug-likeness (QED) is 0.544. The van der Waals surface area contributed by atoms with E-state index in [0.29, 0.717) is 5.92 Å². The molecule has 0 heterocycles. The van der Waals surface area contributed by atoms with Gasteiger partial charge >= 0.3 is 0 Å². The molecule has 0 amide bonds. The normalized spacial score (nSPS) is 12.2. The van der Waals surface area contributed by atoms with Crippen LogP contribution in [0.3, 0.4) is 0 Å². The first kappa shape index (κ1) is 16.6. The van der Waals surface area contributed by atoms with E-state index in [1.807, 2.05) is 18.2 Å². The van der Waals surface area contributed by atoms with Gasteiger partial charge in [-0.15, -0.1) is 0 Å². The van der Waals surface area contributed by atoms with Crippen LogP contribution < -0.4 is 5.32 Å². The number of rotatable bonds is 7. The molecule has 0 unspecified atom stereocenters. The SMILES string of the molecule is CC(=CCCNCC(C)C)Cc1cc(Cl)ccc1Cl. The van der Waals surface area contributed by atoms with Crippen molar-refractivity contribution in [1.82, 2.24) is 5.32 Å². The van der Waals surface area contributed by atoms with E-state index in [4.69, 9.17) is 23.2 Å². The van der Waals surface area contributed by atoms with Gasteiger partial charge in [-0.25, -0.2) is 0 Å². The lowest BCUT2D eigenvalue weighted by Gasteiger charge is -2.07. The van der Waals surface area contributed by atoms with Gasteiger partial charge in [0.2, 0.25) is 0 Å². The van der Waals surface area contributed by atoms with E-state index in [1.165, 1.54) is 5.57 Å². The van der Waals surface area contributed by atoms with E-state index >= 15 is 0 Å². The Morgan fingerprint density at radius 2 is 2.05 bits per heavy atom. The first-order valence-corrected chi connectivity index (χ1v) is 7.55. The van der Waals surface area contributed by atoms with Crippen molar-refractivity contribution in [1.29, 1.82) is 0 Å². The molecule has 1 rings (SSSR count). The maximum absolute atomic E-state index is 6.16. The van der Waals surface area contributed by atoms with Crippen molar-refractivity contribution in [2.24, 2.45) is 5.92 Å². The molecule has 0 saturated heterocycles. The molecule has 19 heavy (non-hydrogen) atoms. The van der Waals surface area contributed by atoms with Crippen LogP contribution in [0.5, 0.6) is 0 Å². The Hall–Kier alpha value is -0.500. The number of halogens is 2. The summed E-state index contributed by atoms with van der Waals surface area (Å²) in [6.07, 6.45) is 4.19. The molecule has 3 heteroatoms. The molecule has 0 aromatic heterocycles. The van der Waals surface area contributed by atoms with Crippen molar-refractivity contribution in [2.45, 2.75) is 33.6 Å². The summed E-state index contributed by atoms with van der Waals surface area (Å²) in [6, 6.07) is 5.62. The third-order valence-corrected chi connectivity index (χ3v) is 3.45. The minimum Gasteiger partial charge on any atom is -0.316 e. The lowest BCUT2D eigenvalue weighted by Crippen LogP contribution is -2.20. The Kier molecular flexibility index (Phi) is 7.52. The number of benzene rings is 1. The molecule has 1 N–H and O–H groups in total. The fourth-order valence-electron chi connectivity index (χ4n) is 1.86. The van der Waals surface area contributed by atoms with Crippen LogP contribution in [-0.2, 0) is 6.42 Å². The third kappa shape index (κ3) is 7.00. The van der Waals surface area contributed by atoms with Crippen molar-refractivity contribution in [3.63, 3.8) is 0 Å². The molecule has 0 fully saturated rings. The summed E-state index contributed by atoms with van der Waals surface area (Å²) in [7, 11) is 0. The highest BCUT2D eigenvalue weighted by Crippen LogP contribution is 2.23. The molecule has 0 radical (unpaired) electrons. The summed E-state index contributed by atoms with van der Waals surface area (Å²) in [5.74, 6) is 0.704. The summed E-state index contributed by atoms with van der Waals surface area (Å²) in [5, 5.41) is 4.96. The van der Waals surface area contributed by atoms with Crippen molar-refractivity contribution in [3.8, 4) is 0 Å². The van der Waals surface area contributed by atoms with Gasteiger partial charge in [0.1, 0.15) is 0 Å². The minimum atomic E-state index is 0.704. The number of allylic oxidation sites excluding steroid dienone is 1. The molecule has 1 aromatic carbocycles. The first-order valence-electron chi connectivity index (χ1n) is 6.79. The van der Waals surface area contributed by atoms with Gasteiger partial charge in [0, 0.05) is 10.0 Å². The molecular formula is C16H23Cl2N. The average Bonchev–Trinajstić information content (AvgIpc) is 2.33. The number of hydrogen-bond donors (Lipinski definition) is 1. The highest BCUT2D eigenvalue weighted by molar-refractivity contribution is 6.33. The Bertz CT molecular complexity index is 425. The van der Waals surface area contributed by atoms with Gasteiger partial charge < -0.3 is 5.32 Å². The van der Waals surface area contributed by atoms with E-state index < -0.39 is 0 Å². The van der Waals surface area contributed by atoms with Gasteiger partial charge in [-0.05, 0) is 62.5 Å². The van der Waals surface area contributed by atoms with E-state index in [-0.39, 0.29) is 0 Å². The van der Waals surface area contributed by atoms with Crippen LogP contribution in [0.1, 0.15) is 32.8 Å². The van der Waals surface area contributed by atoms with Crippen LogP contribution in [0.2, 0.25) is 10.0 Å². The molecule has 1 nitrogen and oxygen atoms in total. The Morgan fingerprint density at radius 1 is 1.32 bits per heavy atom. The van der Waals surface area contributed by atoms with E-state index in [2.05, 4.69) is 32.2 Å². The highest BCUT2D eigenvalue weighted by Gasteiger charge is 2.02. The second-order valence-electron chi connectivity index (χ2n) is 5.35. The molecule has 0 atom stereocenters. The van der Waals surface area contributed by atoms with Crippen molar-refractivity contribution >= 4 is 23.2 Å². The van der Waals surface area contributed by atoms with Gasteiger partial charge in [0.15, 0.2) is 0 Å². The smallest absolute Gasteiger partial charge is 0.0442 e. The third-order valence-electron chi connectivity index (χ3n) is 2.84. The Morgan fingerprint density at radius 3 is 2.74 bits per heavy atom. The molecule has 0 saturated carbocycles. The van der Waals surface area contributed by atoms with Gasteiger partial charge in [-0.2, -0.15) is 0 Å². The fourth-order valence-corrected chi connectivity index (χ4v) is 2.24. The van der Waals surface area contributed by atoms with Crippen molar-refractivity contribution in [2.75, 3.05) is 13.1 Å². The summed E-state index contributed by atoms with van der Waals surface area (Å²) in [4.78, 5) is 0. The number of hydrogen-bond acceptors (Lipinski definition) is 1. The zero-order chi connectivity index (χ0) is 14.3. The molecule has 0 aliphatic heterocycles. The maximum atomic E-state index is 6.16. The molecule has 0 aliphatic rings. The van der Waals surface area contributed by atoms with Crippen LogP contribution in [0.25, 0.3) is 0 Å². The molecule has 1 aromatic rings. The van der Waals surface area contributed by atoms with E-state index in [0.717, 1.165) is 41.5 Å². The number of nitrogens with one attached hydrogen (secondary N) is 1. The minimum absolute atomic E-state index is 0.704. The van der Waals surface area contributed by atoms with Crippen LogP contribution in [0.15, 0.2) is 29.8 Å². The van der Waals surface area contributed by atoms with Gasteiger partial charge in [-0.1, -0.05) is 48.7 Å². The van der Waals surface area contributed by atoms with Crippen molar-refractivity contribution < 1.29 is 0 Å². The summed E-state index contributed by atoms with van der Waals surface area (Å²) < 4.78 is 0. The van der Waals surface area contributed by atoms with E-state index in [9.17, 15) is 0 Å². The highest BCUT2D eigenvalue weighted by atomic mass is 35.5. The lowest BCUT2D eigenvalue weighted by atomic mass is 10.1. The van der Waals surface area contributed by atoms with Gasteiger partial charge in [0.05, 0.1) is 0 Å². The predicted molar refractivity (Wildman–Crippen MR) is 86.2 cm³/mol. The monoisotopic (exact) mass is 299 g/mol. The standard InChI is InChI=1S/C16H23Cl2N/c1-12(2)11-19-8-4-5-13(3)9-14-10-15(17)6-7-16(14)18/h5-7,10,12,19H,4,8-9,11H2,1-3H3.